The Bertz CT molecular complexity index is 788. The zero-order chi connectivity index (χ0) is 20.6. The van der Waals surface area contributed by atoms with E-state index >= 15 is 0 Å². The Kier molecular flexibility index (Phi) is 7.99. The molecule has 28 heavy (non-hydrogen) atoms. The lowest BCUT2D eigenvalue weighted by atomic mass is 9.77. The van der Waals surface area contributed by atoms with Crippen LogP contribution >= 0.6 is 11.3 Å². The second kappa shape index (κ2) is 10.2. The van der Waals surface area contributed by atoms with E-state index in [0.29, 0.717) is 11.6 Å². The highest BCUT2D eigenvalue weighted by molar-refractivity contribution is 7.15. The van der Waals surface area contributed by atoms with Gasteiger partial charge in [-0.2, -0.15) is 0 Å². The van der Waals surface area contributed by atoms with Gasteiger partial charge in [-0.1, -0.05) is 37.5 Å². The fourth-order valence-electron chi connectivity index (χ4n) is 3.06. The number of aryl methyl sites for hydroxylation is 1. The topological polar surface area (TPSA) is 88.5 Å². The number of esters is 1. The molecule has 2 aromatic rings. The van der Waals surface area contributed by atoms with Gasteiger partial charge in [0, 0.05) is 23.2 Å². The van der Waals surface area contributed by atoms with Crippen molar-refractivity contribution < 1.29 is 19.4 Å². The molecule has 1 atom stereocenters. The maximum absolute atomic E-state index is 12.9. The minimum atomic E-state index is -0.977. The number of benzene rings is 1. The SMILES string of the molecule is CCCC[C@@](CCC(=O)O)(C(=O)OCC)c1cnc(Nc2ccc(C)cc2)s1. The number of thiazole rings is 1. The predicted molar refractivity (Wildman–Crippen MR) is 111 cm³/mol. The number of rotatable bonds is 11. The van der Waals surface area contributed by atoms with Crippen molar-refractivity contribution in [3.63, 3.8) is 0 Å². The lowest BCUT2D eigenvalue weighted by molar-refractivity contribution is -0.151. The predicted octanol–water partition coefficient (Wildman–Crippen LogP) is 5.05. The zero-order valence-corrected chi connectivity index (χ0v) is 17.5. The number of nitrogens with one attached hydrogen (secondary N) is 1. The summed E-state index contributed by atoms with van der Waals surface area (Å²) in [6.07, 6.45) is 4.03. The molecule has 0 radical (unpaired) electrons. The van der Waals surface area contributed by atoms with Gasteiger partial charge in [-0.15, -0.1) is 11.3 Å². The first-order valence-electron chi connectivity index (χ1n) is 9.60. The molecule has 0 bridgehead atoms. The zero-order valence-electron chi connectivity index (χ0n) is 16.7. The van der Waals surface area contributed by atoms with Crippen molar-refractivity contribution in [1.82, 2.24) is 4.98 Å². The monoisotopic (exact) mass is 404 g/mol. The molecule has 2 rings (SSSR count). The largest absolute Gasteiger partial charge is 0.481 e. The third-order valence-electron chi connectivity index (χ3n) is 4.67. The summed E-state index contributed by atoms with van der Waals surface area (Å²) in [5.41, 5.74) is 1.10. The quantitative estimate of drug-likeness (QED) is 0.510. The van der Waals surface area contributed by atoms with Crippen molar-refractivity contribution in [2.45, 2.75) is 58.3 Å². The summed E-state index contributed by atoms with van der Waals surface area (Å²) in [6.45, 7) is 6.09. The van der Waals surface area contributed by atoms with Crippen LogP contribution in [0, 0.1) is 6.92 Å². The molecule has 0 unspecified atom stereocenters. The molecular weight excluding hydrogens is 376 g/mol. The number of carboxylic acid groups (broad SMARTS) is 1. The van der Waals surface area contributed by atoms with Gasteiger partial charge in [0.15, 0.2) is 5.13 Å². The first-order chi connectivity index (χ1) is 13.4. The Hall–Kier alpha value is -2.41. The smallest absolute Gasteiger partial charge is 0.317 e. The third-order valence-corrected chi connectivity index (χ3v) is 5.79. The molecule has 0 aliphatic heterocycles. The van der Waals surface area contributed by atoms with E-state index in [-0.39, 0.29) is 25.4 Å². The number of unbranched alkanes of at least 4 members (excludes halogenated alkanes) is 1. The van der Waals surface area contributed by atoms with Gasteiger partial charge in [0.2, 0.25) is 0 Å². The van der Waals surface area contributed by atoms with E-state index in [9.17, 15) is 14.7 Å². The molecule has 2 N–H and O–H groups in total. The first kappa shape index (κ1) is 21.9. The maximum Gasteiger partial charge on any atom is 0.317 e. The highest BCUT2D eigenvalue weighted by atomic mass is 32.1. The van der Waals surface area contributed by atoms with Crippen molar-refractivity contribution in [2.24, 2.45) is 0 Å². The van der Waals surface area contributed by atoms with Crippen LogP contribution in [0.3, 0.4) is 0 Å². The van der Waals surface area contributed by atoms with Crippen molar-refractivity contribution in [2.75, 3.05) is 11.9 Å². The maximum atomic E-state index is 12.9. The van der Waals surface area contributed by atoms with Crippen LogP contribution in [-0.2, 0) is 19.7 Å². The number of hydrogen-bond donors (Lipinski definition) is 2. The van der Waals surface area contributed by atoms with Crippen LogP contribution in [0.1, 0.15) is 56.4 Å². The number of carbonyl (C=O) groups excluding carboxylic acids is 1. The standard InChI is InChI=1S/C21H28N2O4S/c1-4-6-12-21(13-11-18(24)25,19(26)27-5-2)17-14-22-20(28-17)23-16-9-7-15(3)8-10-16/h7-10,14H,4-6,11-13H2,1-3H3,(H,22,23)(H,24,25)/t21-/m0/s1. The van der Waals surface area contributed by atoms with Crippen LogP contribution < -0.4 is 5.32 Å². The Morgan fingerprint density at radius 1 is 1.21 bits per heavy atom. The minimum Gasteiger partial charge on any atom is -0.481 e. The van der Waals surface area contributed by atoms with Crippen molar-refractivity contribution >= 4 is 34.1 Å². The van der Waals surface area contributed by atoms with Gasteiger partial charge in [0.25, 0.3) is 0 Å². The Labute approximate surface area is 170 Å². The van der Waals surface area contributed by atoms with Gasteiger partial charge >= 0.3 is 11.9 Å². The van der Waals surface area contributed by atoms with Gasteiger partial charge < -0.3 is 15.2 Å². The van der Waals surface area contributed by atoms with Gasteiger partial charge in [-0.25, -0.2) is 4.98 Å². The molecule has 7 heteroatoms. The van der Waals surface area contributed by atoms with Gasteiger partial charge in [-0.3, -0.25) is 9.59 Å². The molecule has 0 saturated carbocycles. The van der Waals surface area contributed by atoms with E-state index in [1.807, 2.05) is 38.1 Å². The number of carboxylic acids is 1. The molecule has 0 amide bonds. The fourth-order valence-corrected chi connectivity index (χ4v) is 4.13. The molecule has 0 fully saturated rings. The van der Waals surface area contributed by atoms with Crippen LogP contribution in [0.2, 0.25) is 0 Å². The van der Waals surface area contributed by atoms with Gasteiger partial charge in [0.05, 0.1) is 6.61 Å². The van der Waals surface area contributed by atoms with Crippen LogP contribution in [0.4, 0.5) is 10.8 Å². The molecule has 152 valence electrons. The molecule has 0 saturated heterocycles. The molecule has 0 aliphatic rings. The van der Waals surface area contributed by atoms with Crippen molar-refractivity contribution in [1.29, 1.82) is 0 Å². The third kappa shape index (κ3) is 5.55. The number of nitrogens with zero attached hydrogens (tertiary/aromatic N) is 1. The number of hydrogen-bond acceptors (Lipinski definition) is 6. The number of ether oxygens (including phenoxy) is 1. The molecular formula is C21H28N2O4S. The van der Waals surface area contributed by atoms with E-state index in [2.05, 4.69) is 10.3 Å². The Morgan fingerprint density at radius 2 is 1.93 bits per heavy atom. The summed E-state index contributed by atoms with van der Waals surface area (Å²) in [6, 6.07) is 7.95. The second-order valence-corrected chi connectivity index (χ2v) is 7.85. The van der Waals surface area contributed by atoms with Crippen LogP contribution in [0.25, 0.3) is 0 Å². The Balaban J connectivity index is 2.34. The summed E-state index contributed by atoms with van der Waals surface area (Å²) in [5.74, 6) is -1.29. The van der Waals surface area contributed by atoms with E-state index in [4.69, 9.17) is 4.74 Å². The lowest BCUT2D eigenvalue weighted by Gasteiger charge is -2.29. The summed E-state index contributed by atoms with van der Waals surface area (Å²) in [7, 11) is 0. The van der Waals surface area contributed by atoms with Crippen LogP contribution in [0.15, 0.2) is 30.5 Å². The van der Waals surface area contributed by atoms with Crippen LogP contribution in [0.5, 0.6) is 0 Å². The highest BCUT2D eigenvalue weighted by Crippen LogP contribution is 2.41. The van der Waals surface area contributed by atoms with Gasteiger partial charge in [-0.05, 0) is 38.8 Å². The van der Waals surface area contributed by atoms with Crippen molar-refractivity contribution in [3.05, 3.63) is 40.9 Å². The van der Waals surface area contributed by atoms with Gasteiger partial charge in [0.1, 0.15) is 5.41 Å². The summed E-state index contributed by atoms with van der Waals surface area (Å²) in [4.78, 5) is 29.3. The molecule has 1 heterocycles. The summed E-state index contributed by atoms with van der Waals surface area (Å²) in [5, 5.41) is 13.1. The van der Waals surface area contributed by atoms with Crippen LogP contribution in [-0.4, -0.2) is 28.6 Å². The Morgan fingerprint density at radius 3 is 2.54 bits per heavy atom. The minimum absolute atomic E-state index is 0.0961. The number of aromatic nitrogens is 1. The lowest BCUT2D eigenvalue weighted by Crippen LogP contribution is -2.37. The summed E-state index contributed by atoms with van der Waals surface area (Å²) >= 11 is 1.38. The van der Waals surface area contributed by atoms with Crippen molar-refractivity contribution in [3.8, 4) is 0 Å². The van der Waals surface area contributed by atoms with E-state index in [1.165, 1.54) is 16.9 Å². The second-order valence-electron chi connectivity index (χ2n) is 6.82. The normalized spacial score (nSPS) is 13.0. The number of carbonyl (C=O) groups is 2. The summed E-state index contributed by atoms with van der Waals surface area (Å²) < 4.78 is 5.36. The highest BCUT2D eigenvalue weighted by Gasteiger charge is 2.43. The fraction of sp³-hybridized carbons (Fsp3) is 0.476. The van der Waals surface area contributed by atoms with E-state index in [1.54, 1.807) is 13.1 Å². The molecule has 6 nitrogen and oxygen atoms in total. The average molecular weight is 405 g/mol. The number of aliphatic carboxylic acids is 1. The first-order valence-corrected chi connectivity index (χ1v) is 10.4. The number of anilines is 2. The molecule has 0 spiro atoms. The molecule has 0 aliphatic carbocycles. The molecule has 1 aromatic heterocycles. The average Bonchev–Trinajstić information content (AvgIpc) is 3.13. The van der Waals surface area contributed by atoms with E-state index < -0.39 is 11.4 Å². The molecule has 1 aromatic carbocycles. The van der Waals surface area contributed by atoms with E-state index in [0.717, 1.165) is 23.4 Å².